The molecule has 1 amide bonds. The predicted octanol–water partition coefficient (Wildman–Crippen LogP) is 0.318. The Morgan fingerprint density at radius 2 is 2.19 bits per heavy atom. The van der Waals surface area contributed by atoms with E-state index in [1.807, 2.05) is 11.9 Å². The van der Waals surface area contributed by atoms with Crippen LogP contribution in [-0.2, 0) is 28.1 Å². The van der Waals surface area contributed by atoms with Crippen molar-refractivity contribution in [1.82, 2.24) is 9.78 Å². The molecular weight excluding hydrogens is 292 g/mol. The number of rotatable bonds is 2. The molecular formula is C13H20N4O3S. The number of fused-ring (bicyclic) bond motifs is 3. The van der Waals surface area contributed by atoms with Crippen LogP contribution in [0.1, 0.15) is 25.5 Å². The van der Waals surface area contributed by atoms with Crippen LogP contribution in [-0.4, -0.2) is 48.2 Å². The number of nitrogens with one attached hydrogen (secondary N) is 1. The highest BCUT2D eigenvalue weighted by molar-refractivity contribution is 7.91. The Bertz CT molecular complexity index is 680. The van der Waals surface area contributed by atoms with Gasteiger partial charge < -0.3 is 10.2 Å². The standard InChI is InChI=1S/C13H20N4O3S/c1-3-4-10-12-13(16(2)15-10)17-5-6-21(19,20)8-9(17)7-11(18)14-12/h9H,3-8H2,1-2H3,(H,14,18). The van der Waals surface area contributed by atoms with Crippen molar-refractivity contribution in [3.63, 3.8) is 0 Å². The van der Waals surface area contributed by atoms with E-state index in [1.54, 1.807) is 4.68 Å². The molecule has 1 atom stereocenters. The number of carbonyl (C=O) groups is 1. The van der Waals surface area contributed by atoms with Gasteiger partial charge in [0.25, 0.3) is 0 Å². The minimum absolute atomic E-state index is 0.0359. The minimum atomic E-state index is -3.06. The van der Waals surface area contributed by atoms with Gasteiger partial charge in [-0.2, -0.15) is 5.10 Å². The van der Waals surface area contributed by atoms with Crippen LogP contribution in [0, 0.1) is 0 Å². The molecule has 0 saturated carbocycles. The summed E-state index contributed by atoms with van der Waals surface area (Å²) in [5, 5.41) is 7.42. The van der Waals surface area contributed by atoms with Crippen LogP contribution >= 0.6 is 0 Å². The number of anilines is 2. The summed E-state index contributed by atoms with van der Waals surface area (Å²) < 4.78 is 25.5. The van der Waals surface area contributed by atoms with Crippen molar-refractivity contribution in [2.24, 2.45) is 7.05 Å². The van der Waals surface area contributed by atoms with Gasteiger partial charge in [0, 0.05) is 20.0 Å². The molecule has 1 N–H and O–H groups in total. The lowest BCUT2D eigenvalue weighted by molar-refractivity contribution is -0.116. The molecule has 1 aromatic rings. The number of amides is 1. The Morgan fingerprint density at radius 1 is 1.43 bits per heavy atom. The summed E-state index contributed by atoms with van der Waals surface area (Å²) in [6.07, 6.45) is 1.94. The topological polar surface area (TPSA) is 84.3 Å². The van der Waals surface area contributed by atoms with Gasteiger partial charge in [0.05, 0.1) is 23.2 Å². The molecule has 8 heteroatoms. The maximum Gasteiger partial charge on any atom is 0.226 e. The predicted molar refractivity (Wildman–Crippen MR) is 80.2 cm³/mol. The summed E-state index contributed by atoms with van der Waals surface area (Å²) >= 11 is 0. The van der Waals surface area contributed by atoms with E-state index in [1.165, 1.54) is 0 Å². The molecule has 1 unspecified atom stereocenters. The zero-order chi connectivity index (χ0) is 15.2. The third-order valence-corrected chi connectivity index (χ3v) is 5.76. The molecule has 1 aromatic heterocycles. The molecule has 0 aliphatic carbocycles. The number of carbonyl (C=O) groups excluding carboxylic acids is 1. The Morgan fingerprint density at radius 3 is 2.90 bits per heavy atom. The van der Waals surface area contributed by atoms with E-state index in [2.05, 4.69) is 17.3 Å². The lowest BCUT2D eigenvalue weighted by Crippen LogP contribution is -2.49. The van der Waals surface area contributed by atoms with Gasteiger partial charge in [0.15, 0.2) is 15.7 Å². The molecule has 21 heavy (non-hydrogen) atoms. The van der Waals surface area contributed by atoms with Gasteiger partial charge in [-0.15, -0.1) is 0 Å². The van der Waals surface area contributed by atoms with Gasteiger partial charge in [-0.3, -0.25) is 9.48 Å². The maximum atomic E-state index is 12.1. The molecule has 0 radical (unpaired) electrons. The van der Waals surface area contributed by atoms with Crippen LogP contribution in [0.5, 0.6) is 0 Å². The van der Waals surface area contributed by atoms with E-state index in [-0.39, 0.29) is 29.9 Å². The van der Waals surface area contributed by atoms with Gasteiger partial charge in [0.2, 0.25) is 5.91 Å². The van der Waals surface area contributed by atoms with E-state index in [4.69, 9.17) is 0 Å². The highest BCUT2D eigenvalue weighted by atomic mass is 32.2. The van der Waals surface area contributed by atoms with Crippen LogP contribution in [0.3, 0.4) is 0 Å². The summed E-state index contributed by atoms with van der Waals surface area (Å²) in [6.45, 7) is 2.48. The molecule has 3 rings (SSSR count). The first-order valence-corrected chi connectivity index (χ1v) is 9.06. The first-order valence-electron chi connectivity index (χ1n) is 7.24. The summed E-state index contributed by atoms with van der Waals surface area (Å²) in [4.78, 5) is 14.1. The number of hydrogen-bond donors (Lipinski definition) is 1. The first-order chi connectivity index (χ1) is 9.91. The van der Waals surface area contributed by atoms with E-state index < -0.39 is 9.84 Å². The van der Waals surface area contributed by atoms with Crippen molar-refractivity contribution >= 4 is 27.2 Å². The summed E-state index contributed by atoms with van der Waals surface area (Å²) in [7, 11) is -1.22. The second kappa shape index (κ2) is 5.01. The van der Waals surface area contributed by atoms with Crippen LogP contribution in [0.15, 0.2) is 0 Å². The number of sulfone groups is 1. The third-order valence-electron chi connectivity index (χ3n) is 4.06. The zero-order valence-corrected chi connectivity index (χ0v) is 13.1. The highest BCUT2D eigenvalue weighted by Gasteiger charge is 2.38. The van der Waals surface area contributed by atoms with E-state index in [0.717, 1.165) is 30.0 Å². The van der Waals surface area contributed by atoms with Gasteiger partial charge in [-0.25, -0.2) is 8.42 Å². The lowest BCUT2D eigenvalue weighted by Gasteiger charge is -2.35. The molecule has 7 nitrogen and oxygen atoms in total. The summed E-state index contributed by atoms with van der Waals surface area (Å²) in [5.41, 5.74) is 1.63. The average Bonchev–Trinajstić information content (AvgIpc) is 2.59. The second-order valence-corrected chi connectivity index (χ2v) is 7.96. The quantitative estimate of drug-likeness (QED) is 0.850. The molecule has 2 aliphatic rings. The molecule has 116 valence electrons. The highest BCUT2D eigenvalue weighted by Crippen LogP contribution is 2.36. The average molecular weight is 312 g/mol. The summed E-state index contributed by atoms with van der Waals surface area (Å²) in [5.74, 6) is 0.870. The number of nitrogens with zero attached hydrogens (tertiary/aromatic N) is 3. The van der Waals surface area contributed by atoms with Gasteiger partial charge >= 0.3 is 0 Å². The van der Waals surface area contributed by atoms with E-state index in [0.29, 0.717) is 6.54 Å². The van der Waals surface area contributed by atoms with E-state index >= 15 is 0 Å². The van der Waals surface area contributed by atoms with Crippen molar-refractivity contribution < 1.29 is 13.2 Å². The zero-order valence-electron chi connectivity index (χ0n) is 12.3. The molecule has 0 spiro atoms. The SMILES string of the molecule is CCCc1nn(C)c2c1NC(=O)CC1CS(=O)(=O)CCN21. The number of aromatic nitrogens is 2. The van der Waals surface area contributed by atoms with Gasteiger partial charge in [0.1, 0.15) is 5.69 Å². The van der Waals surface area contributed by atoms with Crippen LogP contribution in [0.4, 0.5) is 11.5 Å². The third kappa shape index (κ3) is 2.52. The second-order valence-electron chi connectivity index (χ2n) is 5.73. The first kappa shape index (κ1) is 14.4. The Hall–Kier alpha value is -1.57. The Labute approximate surface area is 124 Å². The maximum absolute atomic E-state index is 12.1. The molecule has 3 heterocycles. The van der Waals surface area contributed by atoms with E-state index in [9.17, 15) is 13.2 Å². The van der Waals surface area contributed by atoms with Crippen LogP contribution in [0.2, 0.25) is 0 Å². The van der Waals surface area contributed by atoms with Crippen molar-refractivity contribution in [2.45, 2.75) is 32.2 Å². The van der Waals surface area contributed by atoms with Gasteiger partial charge in [-0.05, 0) is 6.42 Å². The Balaban J connectivity index is 2.07. The monoisotopic (exact) mass is 312 g/mol. The van der Waals surface area contributed by atoms with Crippen molar-refractivity contribution in [3.8, 4) is 0 Å². The van der Waals surface area contributed by atoms with Crippen LogP contribution < -0.4 is 10.2 Å². The fourth-order valence-electron chi connectivity index (χ4n) is 3.18. The Kier molecular flexibility index (Phi) is 3.43. The van der Waals surface area contributed by atoms with Crippen LogP contribution in [0.25, 0.3) is 0 Å². The van der Waals surface area contributed by atoms with Crippen molar-refractivity contribution in [1.29, 1.82) is 0 Å². The normalized spacial score (nSPS) is 24.0. The molecule has 0 bridgehead atoms. The largest absolute Gasteiger partial charge is 0.350 e. The van der Waals surface area contributed by atoms with Crippen molar-refractivity contribution in [2.75, 3.05) is 28.3 Å². The summed E-state index contributed by atoms with van der Waals surface area (Å²) in [6, 6.07) is -0.296. The fourth-order valence-corrected chi connectivity index (χ4v) is 4.70. The molecule has 1 saturated heterocycles. The molecule has 1 fully saturated rings. The van der Waals surface area contributed by atoms with Crippen molar-refractivity contribution in [3.05, 3.63) is 5.69 Å². The smallest absolute Gasteiger partial charge is 0.226 e. The fraction of sp³-hybridized carbons (Fsp3) is 0.692. The van der Waals surface area contributed by atoms with Gasteiger partial charge in [-0.1, -0.05) is 13.3 Å². The number of hydrogen-bond acceptors (Lipinski definition) is 5. The molecule has 0 aromatic carbocycles. The lowest BCUT2D eigenvalue weighted by atomic mass is 10.2. The minimum Gasteiger partial charge on any atom is -0.350 e. The molecule has 2 aliphatic heterocycles. The number of aryl methyl sites for hydroxylation is 2.